The molecule has 0 radical (unpaired) electrons. The van der Waals surface area contributed by atoms with E-state index in [1.807, 2.05) is 0 Å². The Labute approximate surface area is 209 Å². The SMILES string of the molecule is CCC(C(C)CCC(C)NC(C)C(C)CC(C)C)C1(C)CCC2C3CCCC3CCC2C1C. The standard InChI is InChI=1S/C32H61N/c1-10-31(22(4)14-15-24(6)33-26(8)23(5)20-21(2)3)32(9)19-18-30-28(25(32)7)17-16-27-12-11-13-29(27)30/h21-31,33H,10-20H2,1-9H3. The molecule has 0 bridgehead atoms. The summed E-state index contributed by atoms with van der Waals surface area (Å²) in [5, 5.41) is 3.95. The third-order valence-corrected chi connectivity index (χ3v) is 11.7. The molecule has 11 atom stereocenters. The summed E-state index contributed by atoms with van der Waals surface area (Å²) in [4.78, 5) is 0. The quantitative estimate of drug-likeness (QED) is 0.324. The van der Waals surface area contributed by atoms with E-state index in [4.69, 9.17) is 0 Å². The lowest BCUT2D eigenvalue weighted by Crippen LogP contribution is -2.49. The van der Waals surface area contributed by atoms with Crippen molar-refractivity contribution < 1.29 is 0 Å². The van der Waals surface area contributed by atoms with E-state index in [9.17, 15) is 0 Å². The van der Waals surface area contributed by atoms with Gasteiger partial charge in [-0.2, -0.15) is 0 Å². The van der Waals surface area contributed by atoms with Crippen molar-refractivity contribution in [2.45, 2.75) is 145 Å². The molecular formula is C32H61N. The zero-order valence-electron chi connectivity index (χ0n) is 24.1. The van der Waals surface area contributed by atoms with Crippen LogP contribution in [-0.2, 0) is 0 Å². The van der Waals surface area contributed by atoms with E-state index in [0.717, 1.165) is 53.3 Å². The van der Waals surface area contributed by atoms with Crippen molar-refractivity contribution >= 4 is 0 Å². The van der Waals surface area contributed by atoms with Gasteiger partial charge in [-0.1, -0.05) is 67.7 Å². The van der Waals surface area contributed by atoms with E-state index in [1.54, 1.807) is 32.1 Å². The largest absolute Gasteiger partial charge is 0.312 e. The number of fused-ring (bicyclic) bond motifs is 3. The molecule has 0 saturated heterocycles. The predicted octanol–water partition coefficient (Wildman–Crippen LogP) is 9.36. The molecule has 0 spiro atoms. The second kappa shape index (κ2) is 11.8. The van der Waals surface area contributed by atoms with Crippen LogP contribution >= 0.6 is 0 Å². The van der Waals surface area contributed by atoms with Crippen molar-refractivity contribution in [2.24, 2.45) is 58.7 Å². The van der Waals surface area contributed by atoms with E-state index in [-0.39, 0.29) is 0 Å². The molecule has 3 aliphatic rings. The Bertz CT molecular complexity index is 583. The first-order valence-electron chi connectivity index (χ1n) is 15.3. The monoisotopic (exact) mass is 459 g/mol. The lowest BCUT2D eigenvalue weighted by Gasteiger charge is -2.57. The maximum atomic E-state index is 3.95. The van der Waals surface area contributed by atoms with Gasteiger partial charge in [0.15, 0.2) is 0 Å². The van der Waals surface area contributed by atoms with Crippen LogP contribution in [0.25, 0.3) is 0 Å². The van der Waals surface area contributed by atoms with Crippen molar-refractivity contribution in [3.8, 4) is 0 Å². The number of nitrogens with one attached hydrogen (secondary N) is 1. The highest BCUT2D eigenvalue weighted by Gasteiger charge is 2.53. The second-order valence-corrected chi connectivity index (χ2v) is 14.1. The summed E-state index contributed by atoms with van der Waals surface area (Å²) in [6.07, 6.45) is 16.2. The Morgan fingerprint density at radius 1 is 0.818 bits per heavy atom. The topological polar surface area (TPSA) is 12.0 Å². The average Bonchev–Trinajstić information content (AvgIpc) is 3.24. The Morgan fingerprint density at radius 3 is 2.21 bits per heavy atom. The first-order valence-corrected chi connectivity index (χ1v) is 15.3. The second-order valence-electron chi connectivity index (χ2n) is 14.1. The van der Waals surface area contributed by atoms with Gasteiger partial charge in [-0.25, -0.2) is 0 Å². The molecule has 0 aromatic carbocycles. The van der Waals surface area contributed by atoms with Crippen molar-refractivity contribution in [1.82, 2.24) is 5.32 Å². The fraction of sp³-hybridized carbons (Fsp3) is 1.00. The van der Waals surface area contributed by atoms with Crippen LogP contribution in [0, 0.1) is 58.7 Å². The van der Waals surface area contributed by atoms with Gasteiger partial charge in [0.25, 0.3) is 0 Å². The van der Waals surface area contributed by atoms with E-state index >= 15 is 0 Å². The summed E-state index contributed by atoms with van der Waals surface area (Å²) in [5.74, 6) is 8.49. The van der Waals surface area contributed by atoms with Crippen LogP contribution in [0.3, 0.4) is 0 Å². The fourth-order valence-corrected chi connectivity index (χ4v) is 9.57. The molecular weight excluding hydrogens is 398 g/mol. The maximum absolute atomic E-state index is 3.95. The molecule has 0 aromatic heterocycles. The Balaban J connectivity index is 1.55. The van der Waals surface area contributed by atoms with Gasteiger partial charge in [0.05, 0.1) is 0 Å². The molecule has 1 heteroatoms. The first kappa shape index (κ1) is 27.5. The van der Waals surface area contributed by atoms with Gasteiger partial charge in [-0.15, -0.1) is 0 Å². The van der Waals surface area contributed by atoms with Crippen LogP contribution in [0.4, 0.5) is 0 Å². The molecule has 11 unspecified atom stereocenters. The molecule has 33 heavy (non-hydrogen) atoms. The van der Waals surface area contributed by atoms with Crippen LogP contribution in [0.5, 0.6) is 0 Å². The third-order valence-electron chi connectivity index (χ3n) is 11.7. The first-order chi connectivity index (χ1) is 15.6. The summed E-state index contributed by atoms with van der Waals surface area (Å²) in [6, 6.07) is 1.26. The molecule has 194 valence electrons. The van der Waals surface area contributed by atoms with E-state index < -0.39 is 0 Å². The zero-order chi connectivity index (χ0) is 24.3. The highest BCUT2D eigenvalue weighted by Crippen LogP contribution is 2.61. The lowest BCUT2D eigenvalue weighted by atomic mass is 9.48. The summed E-state index contributed by atoms with van der Waals surface area (Å²) >= 11 is 0. The molecule has 0 amide bonds. The fourth-order valence-electron chi connectivity index (χ4n) is 9.57. The van der Waals surface area contributed by atoms with Crippen molar-refractivity contribution in [1.29, 1.82) is 0 Å². The molecule has 3 rings (SSSR count). The molecule has 3 saturated carbocycles. The third kappa shape index (κ3) is 6.21. The highest BCUT2D eigenvalue weighted by atomic mass is 14.9. The smallest absolute Gasteiger partial charge is 0.00669 e. The maximum Gasteiger partial charge on any atom is 0.00669 e. The molecule has 3 aliphatic carbocycles. The van der Waals surface area contributed by atoms with Gasteiger partial charge in [-0.05, 0) is 124 Å². The van der Waals surface area contributed by atoms with Crippen LogP contribution in [-0.4, -0.2) is 12.1 Å². The van der Waals surface area contributed by atoms with Gasteiger partial charge in [-0.3, -0.25) is 0 Å². The molecule has 1 nitrogen and oxygen atoms in total. The van der Waals surface area contributed by atoms with Crippen LogP contribution in [0.1, 0.15) is 133 Å². The van der Waals surface area contributed by atoms with Gasteiger partial charge < -0.3 is 5.32 Å². The van der Waals surface area contributed by atoms with Gasteiger partial charge >= 0.3 is 0 Å². The van der Waals surface area contributed by atoms with Crippen molar-refractivity contribution in [3.63, 3.8) is 0 Å². The summed E-state index contributed by atoms with van der Waals surface area (Å²) in [6.45, 7) is 22.5. The molecule has 3 fully saturated rings. The highest BCUT2D eigenvalue weighted by molar-refractivity contribution is 5.02. The average molecular weight is 460 g/mol. The molecule has 1 N–H and O–H groups in total. The summed E-state index contributed by atoms with van der Waals surface area (Å²) in [7, 11) is 0. The van der Waals surface area contributed by atoms with Crippen LogP contribution in [0.2, 0.25) is 0 Å². The number of hydrogen-bond acceptors (Lipinski definition) is 1. The van der Waals surface area contributed by atoms with Gasteiger partial charge in [0.2, 0.25) is 0 Å². The van der Waals surface area contributed by atoms with Crippen molar-refractivity contribution in [2.75, 3.05) is 0 Å². The summed E-state index contributed by atoms with van der Waals surface area (Å²) in [5.41, 5.74) is 0.552. The predicted molar refractivity (Wildman–Crippen MR) is 146 cm³/mol. The van der Waals surface area contributed by atoms with Gasteiger partial charge in [0.1, 0.15) is 0 Å². The minimum atomic E-state index is 0.552. The molecule has 0 aliphatic heterocycles. The van der Waals surface area contributed by atoms with E-state index in [2.05, 4.69) is 67.6 Å². The van der Waals surface area contributed by atoms with Crippen molar-refractivity contribution in [3.05, 3.63) is 0 Å². The normalized spacial score (nSPS) is 38.9. The van der Waals surface area contributed by atoms with Crippen LogP contribution < -0.4 is 5.32 Å². The Morgan fingerprint density at radius 2 is 1.55 bits per heavy atom. The zero-order valence-corrected chi connectivity index (χ0v) is 24.1. The minimum absolute atomic E-state index is 0.552. The Kier molecular flexibility index (Phi) is 9.85. The van der Waals surface area contributed by atoms with E-state index in [1.165, 1.54) is 38.5 Å². The lowest BCUT2D eigenvalue weighted by molar-refractivity contribution is -0.0790. The molecule has 0 heterocycles. The van der Waals surface area contributed by atoms with E-state index in [0.29, 0.717) is 17.5 Å². The Hall–Kier alpha value is -0.0400. The molecule has 0 aromatic rings. The number of hydrogen-bond donors (Lipinski definition) is 1. The number of rotatable bonds is 11. The van der Waals surface area contributed by atoms with Crippen LogP contribution in [0.15, 0.2) is 0 Å². The minimum Gasteiger partial charge on any atom is -0.312 e. The van der Waals surface area contributed by atoms with Gasteiger partial charge in [0, 0.05) is 12.1 Å². The summed E-state index contributed by atoms with van der Waals surface area (Å²) < 4.78 is 0.